The third kappa shape index (κ3) is 3.00. The lowest BCUT2D eigenvalue weighted by molar-refractivity contribution is -0.120. The molecule has 2 amide bonds. The van der Waals surface area contributed by atoms with Gasteiger partial charge in [-0.25, -0.2) is 4.79 Å². The molecule has 0 aliphatic carbocycles. The Morgan fingerprint density at radius 3 is 2.33 bits per heavy atom. The highest BCUT2D eigenvalue weighted by Crippen LogP contribution is 2.33. The van der Waals surface area contributed by atoms with E-state index in [1.807, 2.05) is 0 Å². The van der Waals surface area contributed by atoms with Crippen molar-refractivity contribution in [2.75, 3.05) is 17.7 Å². The molecule has 0 radical (unpaired) electrons. The van der Waals surface area contributed by atoms with Crippen LogP contribution in [0, 0.1) is 5.92 Å². The van der Waals surface area contributed by atoms with Crippen LogP contribution in [0.3, 0.4) is 0 Å². The first kappa shape index (κ1) is 13.9. The van der Waals surface area contributed by atoms with Crippen molar-refractivity contribution in [3.63, 3.8) is 0 Å². The van der Waals surface area contributed by atoms with E-state index in [4.69, 9.17) is 0 Å². The molecule has 6 nitrogen and oxygen atoms in total. The Morgan fingerprint density at radius 2 is 1.81 bits per heavy atom. The molecule has 2 bridgehead atoms. The SMILES string of the molecule is COC(=O)Nc1ccc(NC(=O)C2CC3CCC2N3)cc1. The Hall–Kier alpha value is -2.08. The Balaban J connectivity index is 1.57. The minimum atomic E-state index is -0.514. The van der Waals surface area contributed by atoms with E-state index in [2.05, 4.69) is 20.7 Å². The van der Waals surface area contributed by atoms with E-state index in [9.17, 15) is 9.59 Å². The number of ether oxygens (including phenoxy) is 1. The van der Waals surface area contributed by atoms with Crippen molar-refractivity contribution in [3.8, 4) is 0 Å². The molecule has 3 atom stereocenters. The average Bonchev–Trinajstić information content (AvgIpc) is 3.12. The second-order valence-corrected chi connectivity index (χ2v) is 5.57. The summed E-state index contributed by atoms with van der Waals surface area (Å²) in [6.45, 7) is 0. The number of carbonyl (C=O) groups excluding carboxylic acids is 2. The lowest BCUT2D eigenvalue weighted by atomic mass is 9.88. The molecule has 1 aromatic carbocycles. The van der Waals surface area contributed by atoms with Crippen molar-refractivity contribution in [1.82, 2.24) is 5.32 Å². The number of methoxy groups -OCH3 is 1. The molecule has 21 heavy (non-hydrogen) atoms. The van der Waals surface area contributed by atoms with Crippen LogP contribution in [0.1, 0.15) is 19.3 Å². The van der Waals surface area contributed by atoms with Crippen LogP contribution in [0.25, 0.3) is 0 Å². The summed E-state index contributed by atoms with van der Waals surface area (Å²) in [5.41, 5.74) is 1.36. The minimum Gasteiger partial charge on any atom is -0.453 e. The van der Waals surface area contributed by atoms with Crippen LogP contribution in [-0.2, 0) is 9.53 Å². The highest BCUT2D eigenvalue weighted by Gasteiger charge is 2.42. The summed E-state index contributed by atoms with van der Waals surface area (Å²) < 4.78 is 4.52. The fourth-order valence-electron chi connectivity index (χ4n) is 3.15. The Morgan fingerprint density at radius 1 is 1.14 bits per heavy atom. The van der Waals surface area contributed by atoms with Crippen LogP contribution in [0.4, 0.5) is 16.2 Å². The highest BCUT2D eigenvalue weighted by atomic mass is 16.5. The standard InChI is InChI=1S/C15H19N3O3/c1-21-15(20)18-10-4-2-9(3-5-10)17-14(19)12-8-11-6-7-13(12)16-11/h2-5,11-13,16H,6-8H2,1H3,(H,17,19)(H,18,20). The van der Waals surface area contributed by atoms with Crippen LogP contribution in [-0.4, -0.2) is 31.2 Å². The van der Waals surface area contributed by atoms with E-state index in [0.717, 1.165) is 18.5 Å². The molecule has 2 saturated heterocycles. The van der Waals surface area contributed by atoms with E-state index in [1.165, 1.54) is 13.5 Å². The molecular formula is C15H19N3O3. The number of nitrogens with one attached hydrogen (secondary N) is 3. The summed E-state index contributed by atoms with van der Waals surface area (Å²) >= 11 is 0. The topological polar surface area (TPSA) is 79.5 Å². The van der Waals surface area contributed by atoms with Crippen LogP contribution in [0.15, 0.2) is 24.3 Å². The Labute approximate surface area is 123 Å². The third-order valence-electron chi connectivity index (χ3n) is 4.22. The summed E-state index contributed by atoms with van der Waals surface area (Å²) in [7, 11) is 1.31. The van der Waals surface area contributed by atoms with Crippen LogP contribution < -0.4 is 16.0 Å². The highest BCUT2D eigenvalue weighted by molar-refractivity contribution is 5.94. The fourth-order valence-corrected chi connectivity index (χ4v) is 3.15. The molecule has 112 valence electrons. The van der Waals surface area contributed by atoms with Gasteiger partial charge in [0.25, 0.3) is 0 Å². The van der Waals surface area contributed by atoms with E-state index in [0.29, 0.717) is 17.8 Å². The van der Waals surface area contributed by atoms with Gasteiger partial charge < -0.3 is 15.4 Å². The first-order valence-electron chi connectivity index (χ1n) is 7.17. The molecule has 0 aromatic heterocycles. The second kappa shape index (κ2) is 5.73. The second-order valence-electron chi connectivity index (χ2n) is 5.57. The van der Waals surface area contributed by atoms with Gasteiger partial charge in [-0.1, -0.05) is 0 Å². The van der Waals surface area contributed by atoms with Gasteiger partial charge in [-0.15, -0.1) is 0 Å². The number of rotatable bonds is 3. The van der Waals surface area contributed by atoms with Gasteiger partial charge in [-0.3, -0.25) is 10.1 Å². The van der Waals surface area contributed by atoms with Crippen molar-refractivity contribution >= 4 is 23.4 Å². The summed E-state index contributed by atoms with van der Waals surface area (Å²) in [6, 6.07) is 7.83. The van der Waals surface area contributed by atoms with E-state index < -0.39 is 6.09 Å². The maximum Gasteiger partial charge on any atom is 0.411 e. The molecule has 1 aromatic rings. The van der Waals surface area contributed by atoms with Gasteiger partial charge in [0.1, 0.15) is 0 Å². The van der Waals surface area contributed by atoms with Gasteiger partial charge in [0.15, 0.2) is 0 Å². The van der Waals surface area contributed by atoms with Crippen molar-refractivity contribution in [3.05, 3.63) is 24.3 Å². The third-order valence-corrected chi connectivity index (χ3v) is 4.22. The van der Waals surface area contributed by atoms with Gasteiger partial charge in [-0.05, 0) is 43.5 Å². The van der Waals surface area contributed by atoms with Crippen molar-refractivity contribution in [1.29, 1.82) is 0 Å². The molecule has 3 N–H and O–H groups in total. The summed E-state index contributed by atoms with van der Waals surface area (Å²) in [4.78, 5) is 23.4. The molecule has 2 heterocycles. The molecule has 3 rings (SSSR count). The van der Waals surface area contributed by atoms with Crippen LogP contribution in [0.2, 0.25) is 0 Å². The zero-order valence-corrected chi connectivity index (χ0v) is 11.9. The Bertz CT molecular complexity index is 544. The number of benzene rings is 1. The zero-order valence-electron chi connectivity index (χ0n) is 11.9. The average molecular weight is 289 g/mol. The number of carbonyl (C=O) groups is 2. The van der Waals surface area contributed by atoms with Crippen molar-refractivity contribution in [2.24, 2.45) is 5.92 Å². The smallest absolute Gasteiger partial charge is 0.411 e. The quantitative estimate of drug-likeness (QED) is 0.794. The molecule has 3 unspecified atom stereocenters. The predicted molar refractivity (Wildman–Crippen MR) is 79.2 cm³/mol. The monoisotopic (exact) mass is 289 g/mol. The number of hydrogen-bond acceptors (Lipinski definition) is 4. The van der Waals surface area contributed by atoms with Crippen LogP contribution in [0.5, 0.6) is 0 Å². The maximum absolute atomic E-state index is 12.3. The number of amides is 2. The molecule has 2 aliphatic heterocycles. The van der Waals surface area contributed by atoms with E-state index in [1.54, 1.807) is 24.3 Å². The van der Waals surface area contributed by atoms with Crippen molar-refractivity contribution in [2.45, 2.75) is 31.3 Å². The first-order valence-corrected chi connectivity index (χ1v) is 7.17. The number of hydrogen-bond donors (Lipinski definition) is 3. The number of anilines is 2. The Kier molecular flexibility index (Phi) is 3.79. The molecule has 6 heteroatoms. The van der Waals surface area contributed by atoms with Crippen molar-refractivity contribution < 1.29 is 14.3 Å². The predicted octanol–water partition coefficient (Wildman–Crippen LogP) is 1.94. The zero-order chi connectivity index (χ0) is 14.8. The van der Waals surface area contributed by atoms with Gasteiger partial charge in [0.05, 0.1) is 13.0 Å². The minimum absolute atomic E-state index is 0.0663. The van der Waals surface area contributed by atoms with Crippen LogP contribution >= 0.6 is 0 Å². The molecule has 0 spiro atoms. The van der Waals surface area contributed by atoms with E-state index in [-0.39, 0.29) is 11.8 Å². The lowest BCUT2D eigenvalue weighted by Gasteiger charge is -2.19. The largest absolute Gasteiger partial charge is 0.453 e. The lowest BCUT2D eigenvalue weighted by Crippen LogP contribution is -2.32. The van der Waals surface area contributed by atoms with Gasteiger partial charge in [0, 0.05) is 23.5 Å². The molecule has 2 aliphatic rings. The maximum atomic E-state index is 12.3. The summed E-state index contributed by atoms with van der Waals surface area (Å²) in [6.07, 6.45) is 2.69. The summed E-state index contributed by atoms with van der Waals surface area (Å²) in [5.74, 6) is 0.139. The fraction of sp³-hybridized carbons (Fsp3) is 0.467. The molecule has 2 fully saturated rings. The van der Waals surface area contributed by atoms with Gasteiger partial charge in [-0.2, -0.15) is 0 Å². The van der Waals surface area contributed by atoms with Gasteiger partial charge in [0.2, 0.25) is 5.91 Å². The number of fused-ring (bicyclic) bond motifs is 2. The van der Waals surface area contributed by atoms with E-state index >= 15 is 0 Å². The normalized spacial score (nSPS) is 26.4. The first-order chi connectivity index (χ1) is 10.2. The molecule has 0 saturated carbocycles. The summed E-state index contributed by atoms with van der Waals surface area (Å²) in [5, 5.41) is 8.97. The van der Waals surface area contributed by atoms with Gasteiger partial charge >= 0.3 is 6.09 Å². The molecular weight excluding hydrogens is 270 g/mol.